The summed E-state index contributed by atoms with van der Waals surface area (Å²) in [5.74, 6) is 0.422. The van der Waals surface area contributed by atoms with Crippen LogP contribution in [0.3, 0.4) is 0 Å². The van der Waals surface area contributed by atoms with Crippen molar-refractivity contribution in [3.05, 3.63) is 59.2 Å². The molecule has 1 heterocycles. The highest BCUT2D eigenvalue weighted by molar-refractivity contribution is 5.91. The Morgan fingerprint density at radius 2 is 1.50 bits per heavy atom. The first-order valence-corrected chi connectivity index (χ1v) is 9.57. The summed E-state index contributed by atoms with van der Waals surface area (Å²) >= 11 is 0. The maximum atomic E-state index is 13.3. The number of aromatic amines is 1. The van der Waals surface area contributed by atoms with Crippen molar-refractivity contribution in [2.75, 3.05) is 13.1 Å². The van der Waals surface area contributed by atoms with Gasteiger partial charge in [-0.1, -0.05) is 32.0 Å². The average molecular weight is 428 g/mol. The van der Waals surface area contributed by atoms with Gasteiger partial charge in [-0.05, 0) is 60.8 Å². The fourth-order valence-electron chi connectivity index (χ4n) is 3.41. The van der Waals surface area contributed by atoms with E-state index in [-0.39, 0.29) is 17.3 Å². The van der Waals surface area contributed by atoms with Gasteiger partial charge in [0.2, 0.25) is 0 Å². The number of halogens is 6. The summed E-state index contributed by atoms with van der Waals surface area (Å²) < 4.78 is 79.8. The van der Waals surface area contributed by atoms with E-state index in [1.54, 1.807) is 18.2 Å². The summed E-state index contributed by atoms with van der Waals surface area (Å²) in [7, 11) is 0. The van der Waals surface area contributed by atoms with Crippen molar-refractivity contribution in [3.63, 3.8) is 0 Å². The molecule has 0 radical (unpaired) electrons. The highest BCUT2D eigenvalue weighted by Gasteiger charge is 2.37. The number of aromatic nitrogens is 1. The lowest BCUT2D eigenvalue weighted by atomic mass is 9.98. The van der Waals surface area contributed by atoms with E-state index in [0.717, 1.165) is 24.1 Å². The lowest BCUT2D eigenvalue weighted by Crippen LogP contribution is -2.22. The molecular formula is C22H22F6N2. The predicted molar refractivity (Wildman–Crippen MR) is 105 cm³/mol. The summed E-state index contributed by atoms with van der Waals surface area (Å²) in [5, 5.41) is 4.05. The van der Waals surface area contributed by atoms with Crippen molar-refractivity contribution in [3.8, 4) is 11.3 Å². The number of rotatable bonds is 6. The number of hydrogen-bond donors (Lipinski definition) is 2. The van der Waals surface area contributed by atoms with Gasteiger partial charge in [0.05, 0.1) is 11.1 Å². The van der Waals surface area contributed by atoms with Gasteiger partial charge in [-0.15, -0.1) is 0 Å². The first-order chi connectivity index (χ1) is 14.0. The summed E-state index contributed by atoms with van der Waals surface area (Å²) in [5.41, 5.74) is -1.15. The maximum Gasteiger partial charge on any atom is 0.416 e. The Morgan fingerprint density at radius 3 is 2.07 bits per heavy atom. The normalized spacial score (nSPS) is 12.8. The maximum absolute atomic E-state index is 13.3. The average Bonchev–Trinajstić information content (AvgIpc) is 3.02. The number of alkyl halides is 6. The zero-order valence-corrected chi connectivity index (χ0v) is 16.5. The summed E-state index contributed by atoms with van der Waals surface area (Å²) in [6.07, 6.45) is -9.31. The monoisotopic (exact) mass is 428 g/mol. The van der Waals surface area contributed by atoms with Gasteiger partial charge in [0, 0.05) is 16.6 Å². The molecule has 162 valence electrons. The van der Waals surface area contributed by atoms with Crippen LogP contribution in [-0.4, -0.2) is 18.1 Å². The number of fused-ring (bicyclic) bond motifs is 1. The molecule has 2 aromatic carbocycles. The molecule has 0 amide bonds. The Balaban J connectivity index is 2.12. The van der Waals surface area contributed by atoms with Crippen LogP contribution in [0.2, 0.25) is 0 Å². The molecule has 30 heavy (non-hydrogen) atoms. The van der Waals surface area contributed by atoms with Gasteiger partial charge in [-0.25, -0.2) is 0 Å². The molecule has 0 atom stereocenters. The van der Waals surface area contributed by atoms with Crippen LogP contribution in [-0.2, 0) is 18.8 Å². The molecule has 0 saturated heterocycles. The summed E-state index contributed by atoms with van der Waals surface area (Å²) in [6.45, 7) is 5.41. The molecule has 0 aliphatic carbocycles. The van der Waals surface area contributed by atoms with Crippen molar-refractivity contribution in [2.24, 2.45) is 5.92 Å². The molecular weight excluding hydrogens is 406 g/mol. The minimum atomic E-state index is -4.89. The zero-order valence-electron chi connectivity index (χ0n) is 16.5. The van der Waals surface area contributed by atoms with Crippen LogP contribution in [0.4, 0.5) is 26.3 Å². The lowest BCUT2D eigenvalue weighted by Gasteiger charge is -2.15. The molecule has 3 aromatic rings. The summed E-state index contributed by atoms with van der Waals surface area (Å²) in [4.78, 5) is 3.03. The van der Waals surface area contributed by atoms with Gasteiger partial charge in [0.15, 0.2) is 0 Å². The van der Waals surface area contributed by atoms with Crippen LogP contribution in [0.15, 0.2) is 42.5 Å². The van der Waals surface area contributed by atoms with E-state index >= 15 is 0 Å². The smallest absolute Gasteiger partial charge is 0.354 e. The Labute approximate surface area is 170 Å². The number of nitrogens with one attached hydrogen (secondary N) is 2. The fraction of sp³-hybridized carbons (Fsp3) is 0.364. The number of hydrogen-bond acceptors (Lipinski definition) is 1. The largest absolute Gasteiger partial charge is 0.416 e. The second-order valence-electron chi connectivity index (χ2n) is 7.67. The molecule has 2 N–H and O–H groups in total. The minimum absolute atomic E-state index is 0.132. The quantitative estimate of drug-likeness (QED) is 0.333. The van der Waals surface area contributed by atoms with Crippen molar-refractivity contribution in [1.82, 2.24) is 10.3 Å². The van der Waals surface area contributed by atoms with Crippen LogP contribution >= 0.6 is 0 Å². The molecule has 8 heteroatoms. The van der Waals surface area contributed by atoms with Crippen LogP contribution < -0.4 is 5.32 Å². The van der Waals surface area contributed by atoms with Crippen LogP contribution in [0.1, 0.15) is 30.5 Å². The lowest BCUT2D eigenvalue weighted by molar-refractivity contribution is -0.143. The number of para-hydroxylation sites is 1. The molecule has 0 aliphatic heterocycles. The highest BCUT2D eigenvalue weighted by Crippen LogP contribution is 2.40. The summed E-state index contributed by atoms with van der Waals surface area (Å²) in [6, 6.07) is 8.80. The Hall–Kier alpha value is -2.48. The molecule has 1 aromatic heterocycles. The van der Waals surface area contributed by atoms with E-state index in [1.807, 2.05) is 19.9 Å². The molecule has 0 bridgehead atoms. The molecule has 0 saturated carbocycles. The van der Waals surface area contributed by atoms with Gasteiger partial charge < -0.3 is 10.3 Å². The molecule has 3 rings (SSSR count). The van der Waals surface area contributed by atoms with Crippen molar-refractivity contribution < 1.29 is 26.3 Å². The molecule has 0 fully saturated rings. The standard InChI is InChI=1S/C22H22F6N2/c1-13(2)12-29-8-7-18-17-5-3-4-6-19(17)30-20(18)14-9-15(21(23,24)25)11-16(10-14)22(26,27)28/h3-6,9-11,13,29-30H,7-8,12H2,1-2H3. The third-order valence-corrected chi connectivity index (χ3v) is 4.79. The molecule has 0 spiro atoms. The van der Waals surface area contributed by atoms with Gasteiger partial charge in [0.1, 0.15) is 0 Å². The van der Waals surface area contributed by atoms with Crippen molar-refractivity contribution >= 4 is 10.9 Å². The predicted octanol–water partition coefficient (Wildman–Crippen LogP) is 6.66. The van der Waals surface area contributed by atoms with Crippen LogP contribution in [0.25, 0.3) is 22.2 Å². The SMILES string of the molecule is CC(C)CNCCc1c(-c2cc(C(F)(F)F)cc(C(F)(F)F)c2)[nH]c2ccccc12. The van der Waals surface area contributed by atoms with E-state index in [1.165, 1.54) is 0 Å². The van der Waals surface area contributed by atoms with E-state index in [0.29, 0.717) is 30.0 Å². The van der Waals surface area contributed by atoms with Crippen LogP contribution in [0.5, 0.6) is 0 Å². The van der Waals surface area contributed by atoms with Gasteiger partial charge >= 0.3 is 12.4 Å². The molecule has 0 unspecified atom stereocenters. The zero-order chi connectivity index (χ0) is 22.1. The van der Waals surface area contributed by atoms with Crippen LogP contribution in [0, 0.1) is 5.92 Å². The van der Waals surface area contributed by atoms with Crippen molar-refractivity contribution in [1.29, 1.82) is 0 Å². The van der Waals surface area contributed by atoms with Gasteiger partial charge in [-0.3, -0.25) is 0 Å². The Bertz CT molecular complexity index is 982. The third-order valence-electron chi connectivity index (χ3n) is 4.79. The fourth-order valence-corrected chi connectivity index (χ4v) is 3.41. The van der Waals surface area contributed by atoms with Gasteiger partial charge in [-0.2, -0.15) is 26.3 Å². The highest BCUT2D eigenvalue weighted by atomic mass is 19.4. The topological polar surface area (TPSA) is 27.8 Å². The Kier molecular flexibility index (Phi) is 6.17. The van der Waals surface area contributed by atoms with E-state index in [2.05, 4.69) is 10.3 Å². The first-order valence-electron chi connectivity index (χ1n) is 9.57. The number of benzene rings is 2. The number of H-pyrrole nitrogens is 1. The van der Waals surface area contributed by atoms with Gasteiger partial charge in [0.25, 0.3) is 0 Å². The third kappa shape index (κ3) is 4.98. The molecule has 0 aliphatic rings. The van der Waals surface area contributed by atoms with E-state index < -0.39 is 23.5 Å². The van der Waals surface area contributed by atoms with E-state index in [4.69, 9.17) is 0 Å². The second-order valence-corrected chi connectivity index (χ2v) is 7.67. The Morgan fingerprint density at radius 1 is 0.900 bits per heavy atom. The minimum Gasteiger partial charge on any atom is -0.354 e. The molecule has 2 nitrogen and oxygen atoms in total. The van der Waals surface area contributed by atoms with E-state index in [9.17, 15) is 26.3 Å². The van der Waals surface area contributed by atoms with Crippen molar-refractivity contribution in [2.45, 2.75) is 32.6 Å². The second kappa shape index (κ2) is 8.34. The first kappa shape index (κ1) is 22.2.